The Balaban J connectivity index is 1.63. The molecule has 2 rings (SSSR count). The zero-order valence-corrected chi connectivity index (χ0v) is 10.3. The third kappa shape index (κ3) is 2.76. The molecule has 2 aliphatic carbocycles. The molecule has 2 N–H and O–H groups in total. The smallest absolute Gasteiger partial charge is 0.227 e. The Labute approximate surface area is 98.4 Å². The number of hydrogen-bond acceptors (Lipinski definition) is 2. The van der Waals surface area contributed by atoms with Gasteiger partial charge in [-0.2, -0.15) is 0 Å². The van der Waals surface area contributed by atoms with Gasteiger partial charge in [0, 0.05) is 13.1 Å². The van der Waals surface area contributed by atoms with Crippen molar-refractivity contribution in [3.05, 3.63) is 0 Å². The molecule has 0 heterocycles. The average Bonchev–Trinajstić information content (AvgIpc) is 2.88. The first kappa shape index (κ1) is 11.9. The van der Waals surface area contributed by atoms with Crippen LogP contribution >= 0.6 is 0 Å². The topological polar surface area (TPSA) is 41.1 Å². The summed E-state index contributed by atoms with van der Waals surface area (Å²) in [6, 6.07) is 0. The van der Waals surface area contributed by atoms with E-state index in [1.807, 2.05) is 7.05 Å². The number of rotatable bonds is 6. The van der Waals surface area contributed by atoms with Gasteiger partial charge in [0.1, 0.15) is 0 Å². The number of carbonyl (C=O) groups is 1. The van der Waals surface area contributed by atoms with E-state index in [2.05, 4.69) is 10.6 Å². The van der Waals surface area contributed by atoms with Crippen LogP contribution in [0.4, 0.5) is 0 Å². The second kappa shape index (κ2) is 5.17. The van der Waals surface area contributed by atoms with E-state index >= 15 is 0 Å². The molecule has 0 radical (unpaired) electrons. The highest BCUT2D eigenvalue weighted by Crippen LogP contribution is 2.45. The highest BCUT2D eigenvalue weighted by molar-refractivity contribution is 5.85. The Kier molecular flexibility index (Phi) is 3.85. The van der Waals surface area contributed by atoms with Crippen LogP contribution in [0, 0.1) is 11.3 Å². The molecule has 0 aromatic heterocycles. The molecule has 0 atom stereocenters. The van der Waals surface area contributed by atoms with Crippen molar-refractivity contribution in [1.82, 2.24) is 10.6 Å². The van der Waals surface area contributed by atoms with Crippen LogP contribution < -0.4 is 10.6 Å². The van der Waals surface area contributed by atoms with E-state index in [1.165, 1.54) is 32.1 Å². The molecule has 0 spiro atoms. The predicted octanol–water partition coefficient (Wildman–Crippen LogP) is 1.68. The average molecular weight is 224 g/mol. The molecule has 3 nitrogen and oxygen atoms in total. The highest BCUT2D eigenvalue weighted by atomic mass is 16.2. The van der Waals surface area contributed by atoms with Gasteiger partial charge in [-0.3, -0.25) is 4.79 Å². The summed E-state index contributed by atoms with van der Waals surface area (Å²) in [5, 5.41) is 6.24. The molecule has 2 saturated carbocycles. The lowest BCUT2D eigenvalue weighted by Gasteiger charge is -2.16. The van der Waals surface area contributed by atoms with Crippen molar-refractivity contribution in [1.29, 1.82) is 0 Å². The summed E-state index contributed by atoms with van der Waals surface area (Å²) in [6.45, 7) is 1.72. The lowest BCUT2D eigenvalue weighted by molar-refractivity contribution is -0.126. The Bertz CT molecular complexity index is 242. The van der Waals surface area contributed by atoms with Crippen molar-refractivity contribution in [2.45, 2.75) is 44.9 Å². The SMILES string of the molecule is CNCC1(C(=O)NCCC2CCCC2)CC1. The third-order valence-electron chi connectivity index (χ3n) is 4.16. The second-order valence-corrected chi connectivity index (χ2v) is 5.51. The van der Waals surface area contributed by atoms with Gasteiger partial charge in [-0.05, 0) is 32.2 Å². The van der Waals surface area contributed by atoms with Crippen molar-refractivity contribution in [2.75, 3.05) is 20.1 Å². The van der Waals surface area contributed by atoms with Gasteiger partial charge in [0.25, 0.3) is 0 Å². The van der Waals surface area contributed by atoms with E-state index in [9.17, 15) is 4.79 Å². The highest BCUT2D eigenvalue weighted by Gasteiger charge is 2.48. The fraction of sp³-hybridized carbons (Fsp3) is 0.923. The molecule has 0 bridgehead atoms. The van der Waals surface area contributed by atoms with Crippen molar-refractivity contribution in [2.24, 2.45) is 11.3 Å². The predicted molar refractivity (Wildman–Crippen MR) is 65.2 cm³/mol. The van der Waals surface area contributed by atoms with Gasteiger partial charge in [0.15, 0.2) is 0 Å². The van der Waals surface area contributed by atoms with Crippen LogP contribution in [0.2, 0.25) is 0 Å². The van der Waals surface area contributed by atoms with Crippen molar-refractivity contribution >= 4 is 5.91 Å². The van der Waals surface area contributed by atoms with Gasteiger partial charge < -0.3 is 10.6 Å². The first-order valence-electron chi connectivity index (χ1n) is 6.70. The summed E-state index contributed by atoms with van der Waals surface area (Å²) in [6.07, 6.45) is 8.83. The first-order chi connectivity index (χ1) is 7.77. The lowest BCUT2D eigenvalue weighted by atomic mass is 10.0. The van der Waals surface area contributed by atoms with E-state index in [0.717, 1.165) is 31.8 Å². The minimum absolute atomic E-state index is 0.0512. The largest absolute Gasteiger partial charge is 0.356 e. The number of hydrogen-bond donors (Lipinski definition) is 2. The molecule has 16 heavy (non-hydrogen) atoms. The Hall–Kier alpha value is -0.570. The van der Waals surface area contributed by atoms with E-state index in [1.54, 1.807) is 0 Å². The minimum atomic E-state index is -0.0512. The van der Waals surface area contributed by atoms with Crippen molar-refractivity contribution in [3.8, 4) is 0 Å². The standard InChI is InChI=1S/C13H24N2O/c1-14-10-13(7-8-13)12(16)15-9-6-11-4-2-3-5-11/h11,14H,2-10H2,1H3,(H,15,16). The van der Waals surface area contributed by atoms with Gasteiger partial charge in [0.2, 0.25) is 5.91 Å². The molecule has 2 fully saturated rings. The van der Waals surface area contributed by atoms with E-state index < -0.39 is 0 Å². The molecule has 0 aromatic rings. The molecule has 92 valence electrons. The zero-order chi connectivity index (χ0) is 11.4. The maximum absolute atomic E-state index is 11.9. The fourth-order valence-electron chi connectivity index (χ4n) is 2.85. The molecule has 1 amide bonds. The van der Waals surface area contributed by atoms with Crippen LogP contribution in [0.25, 0.3) is 0 Å². The van der Waals surface area contributed by atoms with Crippen LogP contribution in [0.1, 0.15) is 44.9 Å². The Morgan fingerprint density at radius 2 is 2.00 bits per heavy atom. The normalized spacial score (nSPS) is 23.3. The van der Waals surface area contributed by atoms with Crippen molar-refractivity contribution in [3.63, 3.8) is 0 Å². The Morgan fingerprint density at radius 3 is 2.56 bits per heavy atom. The maximum Gasteiger partial charge on any atom is 0.227 e. The zero-order valence-electron chi connectivity index (χ0n) is 10.3. The molecular formula is C13H24N2O. The van der Waals surface area contributed by atoms with Gasteiger partial charge in [-0.15, -0.1) is 0 Å². The van der Waals surface area contributed by atoms with Crippen LogP contribution in [0.5, 0.6) is 0 Å². The van der Waals surface area contributed by atoms with Crippen LogP contribution in [-0.4, -0.2) is 26.0 Å². The minimum Gasteiger partial charge on any atom is -0.356 e. The van der Waals surface area contributed by atoms with Gasteiger partial charge in [0.05, 0.1) is 5.41 Å². The molecule has 0 saturated heterocycles. The number of nitrogens with one attached hydrogen (secondary N) is 2. The van der Waals surface area contributed by atoms with Crippen LogP contribution in [0.3, 0.4) is 0 Å². The summed E-state index contributed by atoms with van der Waals surface area (Å²) in [7, 11) is 1.92. The van der Waals surface area contributed by atoms with E-state index in [0.29, 0.717) is 0 Å². The van der Waals surface area contributed by atoms with Crippen molar-refractivity contribution < 1.29 is 4.79 Å². The van der Waals surface area contributed by atoms with Crippen LogP contribution in [-0.2, 0) is 4.79 Å². The Morgan fingerprint density at radius 1 is 1.31 bits per heavy atom. The third-order valence-corrected chi connectivity index (χ3v) is 4.16. The summed E-state index contributed by atoms with van der Waals surface area (Å²) in [4.78, 5) is 11.9. The number of amides is 1. The number of carbonyl (C=O) groups excluding carboxylic acids is 1. The summed E-state index contributed by atoms with van der Waals surface area (Å²) in [5.41, 5.74) is -0.0512. The lowest BCUT2D eigenvalue weighted by Crippen LogP contribution is -2.38. The molecular weight excluding hydrogens is 200 g/mol. The second-order valence-electron chi connectivity index (χ2n) is 5.51. The van der Waals surface area contributed by atoms with Gasteiger partial charge in [-0.25, -0.2) is 0 Å². The quantitative estimate of drug-likeness (QED) is 0.721. The van der Waals surface area contributed by atoms with E-state index in [4.69, 9.17) is 0 Å². The summed E-state index contributed by atoms with van der Waals surface area (Å²) < 4.78 is 0. The fourth-order valence-corrected chi connectivity index (χ4v) is 2.85. The van der Waals surface area contributed by atoms with Crippen LogP contribution in [0.15, 0.2) is 0 Å². The maximum atomic E-state index is 11.9. The van der Waals surface area contributed by atoms with Gasteiger partial charge >= 0.3 is 0 Å². The summed E-state index contributed by atoms with van der Waals surface area (Å²) >= 11 is 0. The first-order valence-corrected chi connectivity index (χ1v) is 6.70. The molecule has 0 aromatic carbocycles. The molecule has 0 unspecified atom stereocenters. The monoisotopic (exact) mass is 224 g/mol. The van der Waals surface area contributed by atoms with Gasteiger partial charge in [-0.1, -0.05) is 25.7 Å². The molecule has 0 aliphatic heterocycles. The summed E-state index contributed by atoms with van der Waals surface area (Å²) in [5.74, 6) is 1.15. The van der Waals surface area contributed by atoms with E-state index in [-0.39, 0.29) is 11.3 Å². The molecule has 2 aliphatic rings. The molecule has 3 heteroatoms.